The van der Waals surface area contributed by atoms with Gasteiger partial charge in [0.15, 0.2) is 0 Å². The summed E-state index contributed by atoms with van der Waals surface area (Å²) in [5.74, 6) is 0.775. The van der Waals surface area contributed by atoms with E-state index in [2.05, 4.69) is 59.2 Å². The van der Waals surface area contributed by atoms with Gasteiger partial charge < -0.3 is 4.90 Å². The lowest BCUT2D eigenvalue weighted by molar-refractivity contribution is 0.0687. The van der Waals surface area contributed by atoms with Gasteiger partial charge in [-0.25, -0.2) is 5.01 Å². The zero-order valence-corrected chi connectivity index (χ0v) is 20.6. The predicted molar refractivity (Wildman–Crippen MR) is 137 cm³/mol. The summed E-state index contributed by atoms with van der Waals surface area (Å²) in [6, 6.07) is 14.6. The number of nitrogens with zero attached hydrogens (tertiary/aromatic N) is 3. The molecule has 0 saturated carbocycles. The van der Waals surface area contributed by atoms with Gasteiger partial charge in [0.05, 0.1) is 0 Å². The number of piperazine rings is 1. The summed E-state index contributed by atoms with van der Waals surface area (Å²) < 4.78 is 0. The summed E-state index contributed by atoms with van der Waals surface area (Å²) >= 11 is 0. The first-order chi connectivity index (χ1) is 16.0. The third-order valence-corrected chi connectivity index (χ3v) is 7.64. The number of benzene rings is 2. The molecule has 0 radical (unpaired) electrons. The van der Waals surface area contributed by atoms with Gasteiger partial charge in [0, 0.05) is 50.5 Å². The predicted octanol–water partition coefficient (Wildman–Crippen LogP) is 4.43. The lowest BCUT2D eigenvalue weighted by atomic mass is 9.94. The van der Waals surface area contributed by atoms with Crippen LogP contribution in [0.25, 0.3) is 0 Å². The van der Waals surface area contributed by atoms with Crippen LogP contribution in [0.3, 0.4) is 0 Å². The fourth-order valence-electron chi connectivity index (χ4n) is 5.09. The topological polar surface area (TPSA) is 38.8 Å². The molecule has 2 aliphatic rings. The minimum atomic E-state index is 0.0119. The van der Waals surface area contributed by atoms with Gasteiger partial charge in [0.2, 0.25) is 0 Å². The minimum absolute atomic E-state index is 0.0119. The second-order valence-electron chi connectivity index (χ2n) is 9.76. The van der Waals surface area contributed by atoms with E-state index in [0.29, 0.717) is 0 Å². The van der Waals surface area contributed by atoms with Crippen molar-refractivity contribution in [3.63, 3.8) is 0 Å². The van der Waals surface area contributed by atoms with E-state index in [-0.39, 0.29) is 5.91 Å². The molecule has 0 spiro atoms. The van der Waals surface area contributed by atoms with Crippen LogP contribution in [0.2, 0.25) is 0 Å². The van der Waals surface area contributed by atoms with E-state index in [0.717, 1.165) is 70.0 Å². The molecule has 0 bridgehead atoms. The lowest BCUT2D eigenvalue weighted by Gasteiger charge is -2.38. The molecule has 5 heteroatoms. The summed E-state index contributed by atoms with van der Waals surface area (Å²) in [6.45, 7) is 14.2. The molecule has 2 saturated heterocycles. The van der Waals surface area contributed by atoms with Gasteiger partial charge in [-0.05, 0) is 86.9 Å². The van der Waals surface area contributed by atoms with E-state index in [9.17, 15) is 4.79 Å². The molecule has 2 heterocycles. The van der Waals surface area contributed by atoms with Crippen molar-refractivity contribution in [2.75, 3.05) is 50.7 Å². The number of piperidine rings is 1. The molecule has 0 unspecified atom stereocenters. The van der Waals surface area contributed by atoms with E-state index < -0.39 is 0 Å². The smallest absolute Gasteiger partial charge is 0.265 e. The quantitative estimate of drug-likeness (QED) is 0.680. The van der Waals surface area contributed by atoms with Crippen LogP contribution in [0.5, 0.6) is 0 Å². The van der Waals surface area contributed by atoms with Gasteiger partial charge in [0.25, 0.3) is 5.91 Å². The summed E-state index contributed by atoms with van der Waals surface area (Å²) in [5.41, 5.74) is 9.32. The highest BCUT2D eigenvalue weighted by atomic mass is 16.2. The number of aryl methyl sites for hydroxylation is 2. The number of carbonyl (C=O) groups excluding carboxylic acids is 1. The Labute approximate surface area is 199 Å². The first-order valence-corrected chi connectivity index (χ1v) is 12.7. The molecule has 2 aromatic rings. The van der Waals surface area contributed by atoms with Gasteiger partial charge in [0.1, 0.15) is 0 Å². The molecule has 1 amide bonds. The van der Waals surface area contributed by atoms with Crippen LogP contribution < -0.4 is 10.3 Å². The molecule has 0 aliphatic carbocycles. The molecule has 2 fully saturated rings. The Balaban J connectivity index is 1.15. The molecule has 1 N–H and O–H groups in total. The Bertz CT molecular complexity index is 910. The zero-order chi connectivity index (χ0) is 23.2. The van der Waals surface area contributed by atoms with Crippen molar-refractivity contribution in [2.24, 2.45) is 5.92 Å². The Morgan fingerprint density at radius 2 is 1.64 bits per heavy atom. The third-order valence-electron chi connectivity index (χ3n) is 7.64. The second-order valence-corrected chi connectivity index (χ2v) is 9.76. The summed E-state index contributed by atoms with van der Waals surface area (Å²) in [5, 5.41) is 2.11. The summed E-state index contributed by atoms with van der Waals surface area (Å²) in [7, 11) is 0. The SMILES string of the molecule is CCc1ccc(C(=O)NN2CCC(CCN3CCN(c4cccc(C)c4C)CC3)CC2)cc1. The third kappa shape index (κ3) is 6.15. The summed E-state index contributed by atoms with van der Waals surface area (Å²) in [6.07, 6.45) is 4.59. The molecular weight excluding hydrogens is 408 g/mol. The minimum Gasteiger partial charge on any atom is -0.369 e. The van der Waals surface area contributed by atoms with Crippen LogP contribution >= 0.6 is 0 Å². The number of carbonyl (C=O) groups is 1. The average Bonchev–Trinajstić information content (AvgIpc) is 2.86. The molecule has 5 nitrogen and oxygen atoms in total. The largest absolute Gasteiger partial charge is 0.369 e. The highest BCUT2D eigenvalue weighted by Gasteiger charge is 2.23. The molecular formula is C28H40N4O. The maximum absolute atomic E-state index is 12.5. The first-order valence-electron chi connectivity index (χ1n) is 12.7. The fraction of sp³-hybridized carbons (Fsp3) is 0.536. The molecule has 4 rings (SSSR count). The Morgan fingerprint density at radius 3 is 2.30 bits per heavy atom. The number of nitrogens with one attached hydrogen (secondary N) is 1. The Hall–Kier alpha value is -2.37. The van der Waals surface area contributed by atoms with Crippen LogP contribution in [0.1, 0.15) is 53.2 Å². The molecule has 0 aromatic heterocycles. The van der Waals surface area contributed by atoms with Gasteiger partial charge >= 0.3 is 0 Å². The number of hydrazine groups is 1. The second kappa shape index (κ2) is 11.2. The van der Waals surface area contributed by atoms with Crippen LogP contribution in [0, 0.1) is 19.8 Å². The highest BCUT2D eigenvalue weighted by molar-refractivity contribution is 5.93. The van der Waals surface area contributed by atoms with Gasteiger partial charge in [-0.15, -0.1) is 0 Å². The van der Waals surface area contributed by atoms with E-state index in [4.69, 9.17) is 0 Å². The van der Waals surface area contributed by atoms with Crippen LogP contribution in [-0.4, -0.2) is 61.6 Å². The van der Waals surface area contributed by atoms with Crippen molar-refractivity contribution in [3.8, 4) is 0 Å². The van der Waals surface area contributed by atoms with Crippen LogP contribution in [-0.2, 0) is 6.42 Å². The Morgan fingerprint density at radius 1 is 0.939 bits per heavy atom. The van der Waals surface area contributed by atoms with Crippen molar-refractivity contribution >= 4 is 11.6 Å². The molecule has 178 valence electrons. The zero-order valence-electron chi connectivity index (χ0n) is 20.6. The fourth-order valence-corrected chi connectivity index (χ4v) is 5.09. The molecule has 2 aromatic carbocycles. The first kappa shape index (κ1) is 23.8. The standard InChI is InChI=1S/C28H40N4O/c1-4-24-8-10-26(11-9-24)28(33)29-32-16-13-25(14-17-32)12-15-30-18-20-31(21-19-30)27-7-5-6-22(2)23(27)3/h5-11,25H,4,12-21H2,1-3H3,(H,29,33). The van der Waals surface area contributed by atoms with Crippen molar-refractivity contribution in [1.82, 2.24) is 15.3 Å². The molecule has 0 atom stereocenters. The molecule has 33 heavy (non-hydrogen) atoms. The van der Waals surface area contributed by atoms with Crippen molar-refractivity contribution in [1.29, 1.82) is 0 Å². The Kier molecular flexibility index (Phi) is 8.05. The highest BCUT2D eigenvalue weighted by Crippen LogP contribution is 2.25. The summed E-state index contributed by atoms with van der Waals surface area (Å²) in [4.78, 5) is 17.7. The van der Waals surface area contributed by atoms with Gasteiger partial charge in [-0.3, -0.25) is 15.1 Å². The number of amides is 1. The van der Waals surface area contributed by atoms with E-state index >= 15 is 0 Å². The number of rotatable bonds is 7. The maximum atomic E-state index is 12.5. The van der Waals surface area contributed by atoms with Gasteiger partial charge in [-0.1, -0.05) is 31.2 Å². The normalized spacial score (nSPS) is 18.5. The van der Waals surface area contributed by atoms with Crippen LogP contribution in [0.15, 0.2) is 42.5 Å². The van der Waals surface area contributed by atoms with E-state index in [1.165, 1.54) is 35.3 Å². The number of hydrogen-bond acceptors (Lipinski definition) is 4. The van der Waals surface area contributed by atoms with Crippen molar-refractivity contribution < 1.29 is 4.79 Å². The maximum Gasteiger partial charge on any atom is 0.265 e. The van der Waals surface area contributed by atoms with Crippen LogP contribution in [0.4, 0.5) is 5.69 Å². The number of hydrogen-bond donors (Lipinski definition) is 1. The van der Waals surface area contributed by atoms with Crippen molar-refractivity contribution in [3.05, 3.63) is 64.7 Å². The number of anilines is 1. The molecule has 2 aliphatic heterocycles. The van der Waals surface area contributed by atoms with Gasteiger partial charge in [-0.2, -0.15) is 0 Å². The monoisotopic (exact) mass is 448 g/mol. The van der Waals surface area contributed by atoms with E-state index in [1.54, 1.807) is 0 Å². The lowest BCUT2D eigenvalue weighted by Crippen LogP contribution is -2.48. The average molecular weight is 449 g/mol. The van der Waals surface area contributed by atoms with Crippen molar-refractivity contribution in [2.45, 2.75) is 46.5 Å². The van der Waals surface area contributed by atoms with E-state index in [1.807, 2.05) is 24.3 Å².